The van der Waals surface area contributed by atoms with Crippen LogP contribution in [0.25, 0.3) is 0 Å². The van der Waals surface area contributed by atoms with Crippen LogP contribution in [0, 0.1) is 0 Å². The second-order valence-corrected chi connectivity index (χ2v) is 5.44. The van der Waals surface area contributed by atoms with E-state index in [1.54, 1.807) is 28.4 Å². The van der Waals surface area contributed by atoms with Crippen LogP contribution in [0.3, 0.4) is 0 Å². The highest BCUT2D eigenvalue weighted by Crippen LogP contribution is 2.39. The Labute approximate surface area is 153 Å². The molecule has 2 aromatic rings. The van der Waals surface area contributed by atoms with Crippen LogP contribution in [0.5, 0.6) is 23.0 Å². The Kier molecular flexibility index (Phi) is 6.71. The van der Waals surface area contributed by atoms with Gasteiger partial charge in [0.05, 0.1) is 28.4 Å². The molecule has 134 valence electrons. The Hall–Kier alpha value is -2.67. The summed E-state index contributed by atoms with van der Waals surface area (Å²) in [6, 6.07) is 11.2. The minimum Gasteiger partial charge on any atom is -0.497 e. The van der Waals surface area contributed by atoms with Gasteiger partial charge < -0.3 is 29.6 Å². The van der Waals surface area contributed by atoms with Crippen molar-refractivity contribution in [2.75, 3.05) is 33.8 Å². The molecule has 0 saturated heterocycles. The molecule has 0 aliphatic carbocycles. The van der Waals surface area contributed by atoms with Crippen molar-refractivity contribution >= 4 is 23.0 Å². The topological polar surface area (TPSA) is 61.0 Å². The van der Waals surface area contributed by atoms with E-state index in [2.05, 4.69) is 10.6 Å². The molecule has 7 heteroatoms. The minimum atomic E-state index is 0.478. The average Bonchev–Trinajstić information content (AvgIpc) is 2.65. The summed E-state index contributed by atoms with van der Waals surface area (Å²) in [5.74, 6) is 2.57. The Morgan fingerprint density at radius 3 is 2.08 bits per heavy atom. The number of thiocarbonyl (C=S) groups is 1. The molecule has 2 rings (SSSR count). The predicted octanol–water partition coefficient (Wildman–Crippen LogP) is 3.21. The van der Waals surface area contributed by atoms with E-state index in [1.165, 1.54) is 0 Å². The molecule has 0 saturated carbocycles. The van der Waals surface area contributed by atoms with Gasteiger partial charge in [0.2, 0.25) is 5.75 Å². The molecular weight excluding hydrogens is 340 g/mol. The lowest BCUT2D eigenvalue weighted by atomic mass is 10.1. The third-order valence-corrected chi connectivity index (χ3v) is 3.82. The van der Waals surface area contributed by atoms with Crippen molar-refractivity contribution in [1.82, 2.24) is 5.32 Å². The van der Waals surface area contributed by atoms with Crippen molar-refractivity contribution in [2.45, 2.75) is 6.54 Å². The van der Waals surface area contributed by atoms with Crippen molar-refractivity contribution in [3.63, 3.8) is 0 Å². The quantitative estimate of drug-likeness (QED) is 0.734. The van der Waals surface area contributed by atoms with E-state index in [0.29, 0.717) is 28.9 Å². The maximum absolute atomic E-state index is 5.46. The molecule has 0 amide bonds. The third kappa shape index (κ3) is 4.67. The number of methoxy groups -OCH3 is 4. The maximum Gasteiger partial charge on any atom is 0.203 e. The van der Waals surface area contributed by atoms with Crippen molar-refractivity contribution in [3.8, 4) is 23.0 Å². The average molecular weight is 362 g/mol. The molecule has 0 aliphatic heterocycles. The molecule has 0 aromatic heterocycles. The van der Waals surface area contributed by atoms with Gasteiger partial charge in [-0.25, -0.2) is 0 Å². The van der Waals surface area contributed by atoms with Gasteiger partial charge in [-0.05, 0) is 48.6 Å². The zero-order valence-corrected chi connectivity index (χ0v) is 15.5. The van der Waals surface area contributed by atoms with E-state index in [-0.39, 0.29) is 0 Å². The van der Waals surface area contributed by atoms with E-state index < -0.39 is 0 Å². The Morgan fingerprint density at radius 1 is 0.840 bits per heavy atom. The fourth-order valence-corrected chi connectivity index (χ4v) is 2.52. The first-order chi connectivity index (χ1) is 12.1. The van der Waals surface area contributed by atoms with E-state index in [0.717, 1.165) is 17.0 Å². The van der Waals surface area contributed by atoms with Crippen molar-refractivity contribution < 1.29 is 18.9 Å². The van der Waals surface area contributed by atoms with Gasteiger partial charge in [-0.15, -0.1) is 0 Å². The number of rotatable bonds is 7. The predicted molar refractivity (Wildman–Crippen MR) is 102 cm³/mol. The van der Waals surface area contributed by atoms with E-state index in [4.69, 9.17) is 31.2 Å². The smallest absolute Gasteiger partial charge is 0.203 e. The molecule has 0 unspecified atom stereocenters. The van der Waals surface area contributed by atoms with E-state index in [9.17, 15) is 0 Å². The molecule has 0 heterocycles. The van der Waals surface area contributed by atoms with Crippen molar-refractivity contribution in [1.29, 1.82) is 0 Å². The molecule has 0 aliphatic rings. The van der Waals surface area contributed by atoms with Crippen LogP contribution in [0.2, 0.25) is 0 Å². The summed E-state index contributed by atoms with van der Waals surface area (Å²) in [5.41, 5.74) is 1.77. The highest BCUT2D eigenvalue weighted by molar-refractivity contribution is 7.80. The second-order valence-electron chi connectivity index (χ2n) is 5.03. The number of anilines is 1. The van der Waals surface area contributed by atoms with Gasteiger partial charge in [0.15, 0.2) is 16.6 Å². The fourth-order valence-electron chi connectivity index (χ4n) is 2.33. The van der Waals surface area contributed by atoms with Gasteiger partial charge >= 0.3 is 0 Å². The lowest BCUT2D eigenvalue weighted by Crippen LogP contribution is -2.28. The lowest BCUT2D eigenvalue weighted by Gasteiger charge is -2.17. The normalized spacial score (nSPS) is 9.92. The molecule has 2 aromatic carbocycles. The van der Waals surface area contributed by atoms with Crippen LogP contribution in [0.1, 0.15) is 5.56 Å². The van der Waals surface area contributed by atoms with Crippen molar-refractivity contribution in [2.24, 2.45) is 0 Å². The molecule has 2 N–H and O–H groups in total. The van der Waals surface area contributed by atoms with Gasteiger partial charge in [-0.1, -0.05) is 0 Å². The molecule has 0 atom stereocenters. The Balaban J connectivity index is 2.03. The van der Waals surface area contributed by atoms with Crippen molar-refractivity contribution in [3.05, 3.63) is 42.0 Å². The summed E-state index contributed by atoms with van der Waals surface area (Å²) in [5, 5.41) is 6.77. The van der Waals surface area contributed by atoms with Gasteiger partial charge in [0.25, 0.3) is 0 Å². The lowest BCUT2D eigenvalue weighted by molar-refractivity contribution is 0.322. The van der Waals surface area contributed by atoms with E-state index >= 15 is 0 Å². The van der Waals surface area contributed by atoms with Gasteiger partial charge in [0, 0.05) is 17.8 Å². The number of benzene rings is 2. The molecule has 0 bridgehead atoms. The number of ether oxygens (including phenoxy) is 4. The molecule has 0 spiro atoms. The monoisotopic (exact) mass is 362 g/mol. The number of hydrogen-bond donors (Lipinski definition) is 2. The van der Waals surface area contributed by atoms with Crippen LogP contribution in [-0.2, 0) is 6.54 Å². The summed E-state index contributed by atoms with van der Waals surface area (Å²) in [4.78, 5) is 0. The third-order valence-electron chi connectivity index (χ3n) is 3.57. The SMILES string of the molecule is COc1ccc(NC(=S)NCc2ccc(OC)c(OC)c2OC)cc1. The van der Waals surface area contributed by atoms with Crippen LogP contribution < -0.4 is 29.6 Å². The summed E-state index contributed by atoms with van der Waals surface area (Å²) in [7, 11) is 6.39. The zero-order valence-electron chi connectivity index (χ0n) is 14.7. The molecule has 25 heavy (non-hydrogen) atoms. The van der Waals surface area contributed by atoms with Crippen LogP contribution in [-0.4, -0.2) is 33.6 Å². The highest BCUT2D eigenvalue weighted by atomic mass is 32.1. The largest absolute Gasteiger partial charge is 0.497 e. The van der Waals surface area contributed by atoms with E-state index in [1.807, 2.05) is 36.4 Å². The zero-order chi connectivity index (χ0) is 18.2. The highest BCUT2D eigenvalue weighted by Gasteiger charge is 2.15. The summed E-state index contributed by atoms with van der Waals surface area (Å²) >= 11 is 5.34. The standard InChI is InChI=1S/C18H22N2O4S/c1-21-14-8-6-13(7-9-14)20-18(25)19-11-12-5-10-15(22-2)17(24-4)16(12)23-3/h5-10H,11H2,1-4H3,(H2,19,20,25). The molecule has 6 nitrogen and oxygen atoms in total. The Bertz CT molecular complexity index is 720. The number of hydrogen-bond acceptors (Lipinski definition) is 5. The first kappa shape index (κ1) is 18.7. The van der Waals surface area contributed by atoms with Crippen LogP contribution in [0.4, 0.5) is 5.69 Å². The summed E-state index contributed by atoms with van der Waals surface area (Å²) in [6.07, 6.45) is 0. The summed E-state index contributed by atoms with van der Waals surface area (Å²) in [6.45, 7) is 0.478. The minimum absolute atomic E-state index is 0.478. The van der Waals surface area contributed by atoms with Gasteiger partial charge in [0.1, 0.15) is 5.75 Å². The molecule has 0 radical (unpaired) electrons. The maximum atomic E-state index is 5.46. The second kappa shape index (κ2) is 8.98. The van der Waals surface area contributed by atoms with Gasteiger partial charge in [-0.2, -0.15) is 0 Å². The molecular formula is C18H22N2O4S. The van der Waals surface area contributed by atoms with Crippen LogP contribution >= 0.6 is 12.2 Å². The summed E-state index contributed by atoms with van der Waals surface area (Å²) < 4.78 is 21.3. The first-order valence-corrected chi connectivity index (χ1v) is 8.00. The number of nitrogens with one attached hydrogen (secondary N) is 2. The van der Waals surface area contributed by atoms with Gasteiger partial charge in [-0.3, -0.25) is 0 Å². The first-order valence-electron chi connectivity index (χ1n) is 7.59. The van der Waals surface area contributed by atoms with Crippen LogP contribution in [0.15, 0.2) is 36.4 Å². The molecule has 0 fully saturated rings. The Morgan fingerprint density at radius 2 is 1.52 bits per heavy atom. The fraction of sp³-hybridized carbons (Fsp3) is 0.278.